The maximum atomic E-state index is 13.3. The highest BCUT2D eigenvalue weighted by atomic mass is 35.5. The van der Waals surface area contributed by atoms with Gasteiger partial charge < -0.3 is 15.0 Å². The van der Waals surface area contributed by atoms with Crippen molar-refractivity contribution in [1.82, 2.24) is 4.90 Å². The number of benzene rings is 2. The molecule has 3 aromatic rings. The number of nitrogens with zero attached hydrogens (tertiary/aromatic N) is 2. The van der Waals surface area contributed by atoms with Gasteiger partial charge in [0.25, 0.3) is 5.91 Å². The van der Waals surface area contributed by atoms with Crippen molar-refractivity contribution in [3.05, 3.63) is 69.6 Å². The van der Waals surface area contributed by atoms with E-state index in [4.69, 9.17) is 16.3 Å². The molecule has 0 radical (unpaired) electrons. The minimum absolute atomic E-state index is 0.0855. The van der Waals surface area contributed by atoms with Crippen molar-refractivity contribution in [2.24, 2.45) is 5.41 Å². The van der Waals surface area contributed by atoms with E-state index in [1.807, 2.05) is 29.0 Å². The van der Waals surface area contributed by atoms with Gasteiger partial charge in [0.15, 0.2) is 11.9 Å². The predicted molar refractivity (Wildman–Crippen MR) is 132 cm³/mol. The summed E-state index contributed by atoms with van der Waals surface area (Å²) >= 11 is 7.90. The summed E-state index contributed by atoms with van der Waals surface area (Å²) in [4.78, 5) is 15.1. The van der Waals surface area contributed by atoms with Crippen molar-refractivity contribution in [3.8, 4) is 22.9 Å². The maximum absolute atomic E-state index is 13.3. The van der Waals surface area contributed by atoms with Crippen LogP contribution in [-0.4, -0.2) is 36.5 Å². The molecule has 0 spiro atoms. The van der Waals surface area contributed by atoms with E-state index in [1.165, 1.54) is 12.1 Å². The number of hydrogen-bond donors (Lipinski definition) is 1. The average molecular weight is 496 g/mol. The topological polar surface area (TPSA) is 65.4 Å². The summed E-state index contributed by atoms with van der Waals surface area (Å²) in [6.07, 6.45) is 1.03. The lowest BCUT2D eigenvalue weighted by atomic mass is 9.75. The highest BCUT2D eigenvalue weighted by molar-refractivity contribution is 7.08. The zero-order valence-electron chi connectivity index (χ0n) is 18.4. The lowest BCUT2D eigenvalue weighted by molar-refractivity contribution is -0.140. The van der Waals surface area contributed by atoms with Crippen LogP contribution in [0, 0.1) is 22.6 Å². The van der Waals surface area contributed by atoms with E-state index in [0.29, 0.717) is 49.7 Å². The summed E-state index contributed by atoms with van der Waals surface area (Å²) < 4.78 is 19.5. The zero-order chi connectivity index (χ0) is 23.7. The van der Waals surface area contributed by atoms with Crippen molar-refractivity contribution in [3.63, 3.8) is 0 Å². The molecule has 5 nitrogen and oxygen atoms in total. The number of amides is 1. The van der Waals surface area contributed by atoms with Gasteiger partial charge in [-0.15, -0.1) is 0 Å². The largest absolute Gasteiger partial charge is 0.476 e. The Morgan fingerprint density at radius 1 is 1.26 bits per heavy atom. The molecular formula is C26H23ClFN3O2S. The number of thiophene rings is 1. The van der Waals surface area contributed by atoms with Crippen LogP contribution in [-0.2, 0) is 11.2 Å². The quantitative estimate of drug-likeness (QED) is 0.500. The van der Waals surface area contributed by atoms with Crippen molar-refractivity contribution in [2.45, 2.75) is 25.4 Å². The molecule has 8 heteroatoms. The van der Waals surface area contributed by atoms with Gasteiger partial charge in [0.2, 0.25) is 0 Å². The predicted octanol–water partition coefficient (Wildman–Crippen LogP) is 5.76. The van der Waals surface area contributed by atoms with Crippen molar-refractivity contribution in [2.75, 3.05) is 25.0 Å². The van der Waals surface area contributed by atoms with Crippen LogP contribution in [0.25, 0.3) is 11.1 Å². The van der Waals surface area contributed by atoms with Crippen LogP contribution < -0.4 is 10.1 Å². The normalized spacial score (nSPS) is 18.9. The Hall–Kier alpha value is -3.08. The van der Waals surface area contributed by atoms with Gasteiger partial charge in [0.1, 0.15) is 5.82 Å². The number of nitrogens with one attached hydrogen (secondary N) is 1. The van der Waals surface area contributed by atoms with Crippen LogP contribution in [0.1, 0.15) is 18.4 Å². The highest BCUT2D eigenvalue weighted by Gasteiger charge is 2.39. The molecular weight excluding hydrogens is 473 g/mol. The molecule has 0 aliphatic carbocycles. The number of halogens is 2. The number of anilines is 1. The van der Waals surface area contributed by atoms with Crippen molar-refractivity contribution >= 4 is 34.5 Å². The molecule has 1 aromatic heterocycles. The van der Waals surface area contributed by atoms with Crippen molar-refractivity contribution in [1.29, 1.82) is 5.26 Å². The molecule has 174 valence electrons. The molecule has 2 aliphatic rings. The second-order valence-corrected chi connectivity index (χ2v) is 10.1. The molecule has 34 heavy (non-hydrogen) atoms. The van der Waals surface area contributed by atoms with Crippen LogP contribution in [0.2, 0.25) is 5.02 Å². The Kier molecular flexibility index (Phi) is 6.20. The van der Waals surface area contributed by atoms with E-state index >= 15 is 0 Å². The van der Waals surface area contributed by atoms with Gasteiger partial charge in [-0.1, -0.05) is 23.7 Å². The van der Waals surface area contributed by atoms with Crippen LogP contribution in [0.15, 0.2) is 53.2 Å². The van der Waals surface area contributed by atoms with Crippen LogP contribution >= 0.6 is 22.9 Å². The SMILES string of the molecule is N#CC1(Cc2ccc(F)cc2)CCN(C(=O)C2CNc3cc(Cl)cc(-c4ccsc4)c3O2)CC1. The molecule has 1 saturated heterocycles. The molecule has 2 aromatic carbocycles. The Labute approximate surface area is 206 Å². The summed E-state index contributed by atoms with van der Waals surface area (Å²) in [5.74, 6) is 0.257. The van der Waals surface area contributed by atoms with Gasteiger partial charge in [0, 0.05) is 23.7 Å². The maximum Gasteiger partial charge on any atom is 0.265 e. The molecule has 1 fully saturated rings. The first-order chi connectivity index (χ1) is 16.5. The number of carbonyl (C=O) groups is 1. The fourth-order valence-corrected chi connectivity index (χ4v) is 5.56. The highest BCUT2D eigenvalue weighted by Crippen LogP contribution is 2.43. The first kappa shape index (κ1) is 22.7. The minimum Gasteiger partial charge on any atom is -0.476 e. The molecule has 1 amide bonds. The van der Waals surface area contributed by atoms with Gasteiger partial charge in [0.05, 0.1) is 23.7 Å². The molecule has 1 atom stereocenters. The molecule has 3 heterocycles. The lowest BCUT2D eigenvalue weighted by Crippen LogP contribution is -2.51. The molecule has 5 rings (SSSR count). The number of fused-ring (bicyclic) bond motifs is 1. The Balaban J connectivity index is 1.28. The van der Waals surface area contributed by atoms with Gasteiger partial charge in [-0.25, -0.2) is 4.39 Å². The van der Waals surface area contributed by atoms with E-state index in [-0.39, 0.29) is 11.7 Å². The third-order valence-corrected chi connectivity index (χ3v) is 7.53. The number of hydrogen-bond acceptors (Lipinski definition) is 5. The van der Waals surface area contributed by atoms with Gasteiger partial charge in [-0.3, -0.25) is 4.79 Å². The molecule has 1 unspecified atom stereocenters. The van der Waals surface area contributed by atoms with Crippen LogP contribution in [0.5, 0.6) is 5.75 Å². The third-order valence-electron chi connectivity index (χ3n) is 6.62. The van der Waals surface area contributed by atoms with Gasteiger partial charge >= 0.3 is 0 Å². The summed E-state index contributed by atoms with van der Waals surface area (Å²) in [6, 6.07) is 14.4. The fraction of sp³-hybridized carbons (Fsp3) is 0.308. The summed E-state index contributed by atoms with van der Waals surface area (Å²) in [7, 11) is 0. The average Bonchev–Trinajstić information content (AvgIpc) is 3.40. The summed E-state index contributed by atoms with van der Waals surface area (Å²) in [6.45, 7) is 1.32. The lowest BCUT2D eigenvalue weighted by Gasteiger charge is -2.39. The number of ether oxygens (including phenoxy) is 1. The Morgan fingerprint density at radius 2 is 2.03 bits per heavy atom. The first-order valence-corrected chi connectivity index (χ1v) is 12.5. The van der Waals surface area contributed by atoms with E-state index < -0.39 is 11.5 Å². The number of piperidine rings is 1. The third kappa shape index (κ3) is 4.48. The minimum atomic E-state index is -0.655. The van der Waals surface area contributed by atoms with Gasteiger partial charge in [-0.2, -0.15) is 16.6 Å². The monoisotopic (exact) mass is 495 g/mol. The zero-order valence-corrected chi connectivity index (χ0v) is 20.0. The van der Waals surface area contributed by atoms with Crippen molar-refractivity contribution < 1.29 is 13.9 Å². The standard InChI is InChI=1S/C26H23ClFN3O2S/c27-19-11-21(18-5-10-34-15-18)24-22(12-19)30-14-23(33-24)25(32)31-8-6-26(16-29,7-9-31)13-17-1-3-20(28)4-2-17/h1-5,10-12,15,23,30H,6-9,13-14H2. The summed E-state index contributed by atoms with van der Waals surface area (Å²) in [5.41, 5.74) is 3.00. The summed E-state index contributed by atoms with van der Waals surface area (Å²) in [5, 5.41) is 17.8. The Bertz CT molecular complexity index is 1230. The fourth-order valence-electron chi connectivity index (χ4n) is 4.69. The van der Waals surface area contributed by atoms with Gasteiger partial charge in [-0.05, 0) is 71.5 Å². The molecule has 2 aliphatic heterocycles. The Morgan fingerprint density at radius 3 is 2.71 bits per heavy atom. The van der Waals surface area contributed by atoms with E-state index in [9.17, 15) is 14.4 Å². The second-order valence-electron chi connectivity index (χ2n) is 8.85. The first-order valence-electron chi connectivity index (χ1n) is 11.2. The smallest absolute Gasteiger partial charge is 0.265 e. The van der Waals surface area contributed by atoms with Crippen LogP contribution in [0.3, 0.4) is 0 Å². The van der Waals surface area contributed by atoms with Crippen LogP contribution in [0.4, 0.5) is 10.1 Å². The van der Waals surface area contributed by atoms with E-state index in [1.54, 1.807) is 28.4 Å². The molecule has 1 N–H and O–H groups in total. The number of rotatable bonds is 4. The number of carbonyl (C=O) groups excluding carboxylic acids is 1. The molecule has 0 saturated carbocycles. The van der Waals surface area contributed by atoms with E-state index in [0.717, 1.165) is 22.4 Å². The van der Waals surface area contributed by atoms with E-state index in [2.05, 4.69) is 11.4 Å². The number of likely N-dealkylation sites (tertiary alicyclic amines) is 1. The number of nitriles is 1. The second kappa shape index (κ2) is 9.28. The molecule has 0 bridgehead atoms.